The number of benzene rings is 2. The third-order valence-corrected chi connectivity index (χ3v) is 7.56. The minimum atomic E-state index is -0.338. The van der Waals surface area contributed by atoms with Crippen molar-refractivity contribution < 1.29 is 14.6 Å². The second kappa shape index (κ2) is 7.86. The molecule has 2 aliphatic rings. The molecular formula is C24H23ClN2O3S. The molecule has 31 heavy (non-hydrogen) atoms. The molecule has 1 N–H and O–H groups in total. The molecule has 0 radical (unpaired) electrons. The molecule has 2 aromatic carbocycles. The summed E-state index contributed by atoms with van der Waals surface area (Å²) in [5.41, 5.74) is 3.87. The van der Waals surface area contributed by atoms with Crippen LogP contribution in [0.2, 0.25) is 5.02 Å². The van der Waals surface area contributed by atoms with Gasteiger partial charge in [-0.1, -0.05) is 30.7 Å². The zero-order chi connectivity index (χ0) is 21.7. The number of β-amino-alcohol motifs (C(OH)–C–C–N with tert-alkyl or cyclic N) is 1. The van der Waals surface area contributed by atoms with E-state index in [1.807, 2.05) is 49.4 Å². The van der Waals surface area contributed by atoms with Crippen LogP contribution in [0, 0.1) is 5.92 Å². The van der Waals surface area contributed by atoms with Crippen LogP contribution < -0.4 is 14.5 Å². The molecular weight excluding hydrogens is 432 g/mol. The first-order chi connectivity index (χ1) is 14.9. The van der Waals surface area contributed by atoms with Gasteiger partial charge in [-0.15, -0.1) is 11.3 Å². The Bertz CT molecular complexity index is 1130. The van der Waals surface area contributed by atoms with Crippen molar-refractivity contribution in [2.24, 2.45) is 5.92 Å². The molecule has 1 aromatic heterocycles. The standard InChI is InChI=1S/C24H23ClN2O3S/c1-14-11-26(13-20(14)28)19-8-7-18(10-21(19)30-2)27-12-16-9-22(31-23(16)24(27)29)15-3-5-17(25)6-4-15/h3-10,14,20,28H,11-13H2,1-2H3/t14-,20-/m1/s1. The summed E-state index contributed by atoms with van der Waals surface area (Å²) in [5.74, 6) is 0.944. The topological polar surface area (TPSA) is 53.0 Å². The van der Waals surface area contributed by atoms with E-state index in [1.54, 1.807) is 12.0 Å². The number of thiophene rings is 1. The average Bonchev–Trinajstić information content (AvgIpc) is 3.43. The van der Waals surface area contributed by atoms with Gasteiger partial charge in [0.15, 0.2) is 0 Å². The number of anilines is 2. The molecule has 3 heterocycles. The smallest absolute Gasteiger partial charge is 0.269 e. The van der Waals surface area contributed by atoms with E-state index in [-0.39, 0.29) is 17.9 Å². The molecule has 0 unspecified atom stereocenters. The number of amides is 1. The molecule has 0 spiro atoms. The van der Waals surface area contributed by atoms with Gasteiger partial charge in [-0.2, -0.15) is 0 Å². The third kappa shape index (κ3) is 3.59. The van der Waals surface area contributed by atoms with Crippen LogP contribution in [0.3, 0.4) is 0 Å². The molecule has 1 fully saturated rings. The Morgan fingerprint density at radius 1 is 1.13 bits per heavy atom. The second-order valence-electron chi connectivity index (χ2n) is 8.17. The number of fused-ring (bicyclic) bond motifs is 1. The van der Waals surface area contributed by atoms with Crippen LogP contribution in [0.5, 0.6) is 5.75 Å². The van der Waals surface area contributed by atoms with Gasteiger partial charge in [-0.05, 0) is 41.5 Å². The van der Waals surface area contributed by atoms with Crippen LogP contribution in [0.1, 0.15) is 22.2 Å². The van der Waals surface area contributed by atoms with E-state index in [9.17, 15) is 9.90 Å². The van der Waals surface area contributed by atoms with Crippen molar-refractivity contribution in [1.82, 2.24) is 0 Å². The number of nitrogens with zero attached hydrogens (tertiary/aromatic N) is 2. The molecule has 5 rings (SSSR count). The highest BCUT2D eigenvalue weighted by Gasteiger charge is 2.33. The van der Waals surface area contributed by atoms with Crippen molar-refractivity contribution in [2.75, 3.05) is 30.0 Å². The number of hydrogen-bond acceptors (Lipinski definition) is 5. The van der Waals surface area contributed by atoms with Crippen LogP contribution >= 0.6 is 22.9 Å². The Balaban J connectivity index is 1.40. The number of ether oxygens (including phenoxy) is 1. The molecule has 2 aliphatic heterocycles. The maximum Gasteiger partial charge on any atom is 0.269 e. The number of rotatable bonds is 4. The monoisotopic (exact) mass is 454 g/mol. The normalized spacial score (nSPS) is 20.5. The maximum absolute atomic E-state index is 13.2. The summed E-state index contributed by atoms with van der Waals surface area (Å²) in [6.07, 6.45) is -0.338. The van der Waals surface area contributed by atoms with Crippen molar-refractivity contribution >= 4 is 40.2 Å². The summed E-state index contributed by atoms with van der Waals surface area (Å²) in [4.78, 5) is 18.9. The second-order valence-corrected chi connectivity index (χ2v) is 9.66. The van der Waals surface area contributed by atoms with Gasteiger partial charge in [0.25, 0.3) is 5.91 Å². The van der Waals surface area contributed by atoms with E-state index in [1.165, 1.54) is 11.3 Å². The predicted molar refractivity (Wildman–Crippen MR) is 126 cm³/mol. The quantitative estimate of drug-likeness (QED) is 0.599. The minimum Gasteiger partial charge on any atom is -0.495 e. The van der Waals surface area contributed by atoms with Crippen LogP contribution in [0.4, 0.5) is 11.4 Å². The number of carbonyl (C=O) groups excluding carboxylic acids is 1. The Morgan fingerprint density at radius 3 is 2.55 bits per heavy atom. The fraction of sp³-hybridized carbons (Fsp3) is 0.292. The Morgan fingerprint density at radius 2 is 1.90 bits per heavy atom. The summed E-state index contributed by atoms with van der Waals surface area (Å²) >= 11 is 7.51. The van der Waals surface area contributed by atoms with Crippen LogP contribution in [-0.4, -0.2) is 37.3 Å². The van der Waals surface area contributed by atoms with Gasteiger partial charge in [0, 0.05) is 40.7 Å². The fourth-order valence-corrected chi connectivity index (χ4v) is 5.55. The van der Waals surface area contributed by atoms with Crippen molar-refractivity contribution in [3.05, 3.63) is 64.0 Å². The van der Waals surface area contributed by atoms with Gasteiger partial charge in [0.2, 0.25) is 0 Å². The molecule has 5 nitrogen and oxygen atoms in total. The molecule has 3 aromatic rings. The lowest BCUT2D eigenvalue weighted by atomic mass is 10.1. The first-order valence-electron chi connectivity index (χ1n) is 10.3. The summed E-state index contributed by atoms with van der Waals surface area (Å²) < 4.78 is 5.64. The predicted octanol–water partition coefficient (Wildman–Crippen LogP) is 5.05. The Labute approximate surface area is 190 Å². The molecule has 1 saturated heterocycles. The van der Waals surface area contributed by atoms with E-state index >= 15 is 0 Å². The SMILES string of the molecule is COc1cc(N2Cc3cc(-c4ccc(Cl)cc4)sc3C2=O)ccc1N1C[C@@H](C)[C@H](O)C1. The lowest BCUT2D eigenvalue weighted by molar-refractivity contribution is 0.1000. The van der Waals surface area contributed by atoms with E-state index < -0.39 is 0 Å². The van der Waals surface area contributed by atoms with Crippen LogP contribution in [0.15, 0.2) is 48.5 Å². The summed E-state index contributed by atoms with van der Waals surface area (Å²) in [5, 5.41) is 10.8. The summed E-state index contributed by atoms with van der Waals surface area (Å²) in [6.45, 7) is 3.96. The number of aliphatic hydroxyl groups excluding tert-OH is 1. The lowest BCUT2D eigenvalue weighted by Gasteiger charge is -2.23. The molecule has 7 heteroatoms. The average molecular weight is 455 g/mol. The van der Waals surface area contributed by atoms with Gasteiger partial charge < -0.3 is 19.6 Å². The van der Waals surface area contributed by atoms with Crippen molar-refractivity contribution in [3.8, 4) is 16.2 Å². The Hall–Kier alpha value is -2.54. The highest BCUT2D eigenvalue weighted by molar-refractivity contribution is 7.17. The number of aliphatic hydroxyl groups is 1. The fourth-order valence-electron chi connectivity index (χ4n) is 4.30. The number of hydrogen-bond donors (Lipinski definition) is 1. The molecule has 2 atom stereocenters. The van der Waals surface area contributed by atoms with Gasteiger partial charge in [0.1, 0.15) is 5.75 Å². The van der Waals surface area contributed by atoms with Crippen molar-refractivity contribution in [2.45, 2.75) is 19.6 Å². The lowest BCUT2D eigenvalue weighted by Crippen LogP contribution is -2.24. The first-order valence-corrected chi connectivity index (χ1v) is 11.5. The van der Waals surface area contributed by atoms with E-state index in [4.69, 9.17) is 16.3 Å². The zero-order valence-corrected chi connectivity index (χ0v) is 18.9. The molecule has 160 valence electrons. The number of halogens is 1. The van der Waals surface area contributed by atoms with Gasteiger partial charge in [0.05, 0.1) is 30.3 Å². The van der Waals surface area contributed by atoms with Crippen molar-refractivity contribution in [3.63, 3.8) is 0 Å². The van der Waals surface area contributed by atoms with Gasteiger partial charge in [-0.3, -0.25) is 4.79 Å². The van der Waals surface area contributed by atoms with Gasteiger partial charge >= 0.3 is 0 Å². The van der Waals surface area contributed by atoms with Crippen LogP contribution in [0.25, 0.3) is 10.4 Å². The highest BCUT2D eigenvalue weighted by Crippen LogP contribution is 2.41. The van der Waals surface area contributed by atoms with Crippen LogP contribution in [-0.2, 0) is 6.54 Å². The van der Waals surface area contributed by atoms with Crippen molar-refractivity contribution in [1.29, 1.82) is 0 Å². The molecule has 1 amide bonds. The van der Waals surface area contributed by atoms with Gasteiger partial charge in [-0.25, -0.2) is 0 Å². The summed E-state index contributed by atoms with van der Waals surface area (Å²) in [6, 6.07) is 15.6. The molecule has 0 bridgehead atoms. The zero-order valence-electron chi connectivity index (χ0n) is 17.3. The van der Waals surface area contributed by atoms with E-state index in [0.29, 0.717) is 23.9 Å². The molecule has 0 saturated carbocycles. The maximum atomic E-state index is 13.2. The highest BCUT2D eigenvalue weighted by atomic mass is 35.5. The van der Waals surface area contributed by atoms with E-state index in [2.05, 4.69) is 11.0 Å². The molecule has 0 aliphatic carbocycles. The minimum absolute atomic E-state index is 0.0141. The number of methoxy groups -OCH3 is 1. The first kappa shape index (κ1) is 20.4. The van der Waals surface area contributed by atoms with E-state index in [0.717, 1.165) is 38.8 Å². The third-order valence-electron chi connectivity index (χ3n) is 6.09. The Kier molecular flexibility index (Phi) is 5.16. The number of carbonyl (C=O) groups is 1. The summed E-state index contributed by atoms with van der Waals surface area (Å²) in [7, 11) is 1.64. The largest absolute Gasteiger partial charge is 0.495 e.